The predicted octanol–water partition coefficient (Wildman–Crippen LogP) is 2.11. The Hall–Kier alpha value is -2.28. The van der Waals surface area contributed by atoms with Crippen molar-refractivity contribution in [1.82, 2.24) is 9.97 Å². The van der Waals surface area contributed by atoms with Crippen molar-refractivity contribution in [3.63, 3.8) is 0 Å². The van der Waals surface area contributed by atoms with Crippen LogP contribution in [-0.4, -0.2) is 32.1 Å². The number of hydrogen-bond acceptors (Lipinski definition) is 6. The smallest absolute Gasteiger partial charge is 0.270 e. The van der Waals surface area contributed by atoms with Gasteiger partial charge in [0.05, 0.1) is 22.6 Å². The third-order valence-electron chi connectivity index (χ3n) is 3.38. The number of fused-ring (bicyclic) bond motifs is 1. The van der Waals surface area contributed by atoms with Gasteiger partial charge >= 0.3 is 0 Å². The molecule has 0 radical (unpaired) electrons. The number of rotatable bonds is 5. The molecule has 0 aliphatic rings. The van der Waals surface area contributed by atoms with Gasteiger partial charge in [-0.1, -0.05) is 6.92 Å². The molecule has 1 atom stereocenters. The number of nitrogens with one attached hydrogen (secondary N) is 1. The molecule has 0 spiro atoms. The summed E-state index contributed by atoms with van der Waals surface area (Å²) in [5.41, 5.74) is 0.0633. The second-order valence-electron chi connectivity index (χ2n) is 4.88. The highest BCUT2D eigenvalue weighted by molar-refractivity contribution is 5.90. The number of aliphatic hydroxyl groups excluding tert-OH is 1. The van der Waals surface area contributed by atoms with Crippen molar-refractivity contribution < 1.29 is 10.0 Å². The lowest BCUT2D eigenvalue weighted by atomic mass is 10.00. The maximum atomic E-state index is 10.9. The summed E-state index contributed by atoms with van der Waals surface area (Å²) in [5, 5.41) is 24.0. The Bertz CT molecular complexity index is 641. The zero-order valence-corrected chi connectivity index (χ0v) is 11.3. The molecule has 0 saturated heterocycles. The number of aliphatic hydroxyl groups is 1. The molecule has 0 fully saturated rings. The minimum atomic E-state index is -0.536. The number of aromatic nitrogens is 2. The van der Waals surface area contributed by atoms with Crippen LogP contribution in [0.2, 0.25) is 0 Å². The van der Waals surface area contributed by atoms with Crippen LogP contribution in [0.3, 0.4) is 0 Å². The number of non-ortho nitro benzene ring substituents is 1. The van der Waals surface area contributed by atoms with Crippen LogP contribution in [0.1, 0.15) is 20.3 Å². The quantitative estimate of drug-likeness (QED) is 0.640. The summed E-state index contributed by atoms with van der Waals surface area (Å²) < 4.78 is 0. The average Bonchev–Trinajstić information content (AvgIpc) is 2.47. The van der Waals surface area contributed by atoms with E-state index in [4.69, 9.17) is 0 Å². The van der Waals surface area contributed by atoms with E-state index in [1.807, 2.05) is 13.8 Å². The van der Waals surface area contributed by atoms with Gasteiger partial charge in [-0.3, -0.25) is 10.1 Å². The van der Waals surface area contributed by atoms with E-state index in [2.05, 4.69) is 15.3 Å². The Morgan fingerprint density at radius 2 is 2.20 bits per heavy atom. The van der Waals surface area contributed by atoms with Crippen molar-refractivity contribution in [2.24, 2.45) is 0 Å². The van der Waals surface area contributed by atoms with E-state index in [0.717, 1.165) is 0 Å². The van der Waals surface area contributed by atoms with Gasteiger partial charge < -0.3 is 10.4 Å². The zero-order chi connectivity index (χ0) is 14.8. The molecular weight excluding hydrogens is 260 g/mol. The SMILES string of the molecule is CCC(C)(CO)Nc1ncnc2ccc([N+](=O)[O-])cc12. The number of hydrogen-bond donors (Lipinski definition) is 2. The molecule has 2 aromatic rings. The lowest BCUT2D eigenvalue weighted by molar-refractivity contribution is -0.384. The molecule has 7 nitrogen and oxygen atoms in total. The summed E-state index contributed by atoms with van der Waals surface area (Å²) in [5.74, 6) is 0.483. The number of nitro groups is 1. The Morgan fingerprint density at radius 3 is 2.80 bits per heavy atom. The van der Waals surface area contributed by atoms with E-state index in [9.17, 15) is 15.2 Å². The Labute approximate surface area is 115 Å². The largest absolute Gasteiger partial charge is 0.394 e. The van der Waals surface area contributed by atoms with E-state index < -0.39 is 10.5 Å². The molecule has 1 heterocycles. The molecule has 7 heteroatoms. The van der Waals surface area contributed by atoms with Gasteiger partial charge in [-0.05, 0) is 19.4 Å². The fraction of sp³-hybridized carbons (Fsp3) is 0.385. The first-order chi connectivity index (χ1) is 9.49. The fourth-order valence-corrected chi connectivity index (χ4v) is 1.78. The second-order valence-corrected chi connectivity index (χ2v) is 4.88. The summed E-state index contributed by atoms with van der Waals surface area (Å²) >= 11 is 0. The fourth-order valence-electron chi connectivity index (χ4n) is 1.78. The molecule has 0 bridgehead atoms. The second kappa shape index (κ2) is 5.38. The molecule has 2 N–H and O–H groups in total. The molecule has 106 valence electrons. The molecule has 0 amide bonds. The van der Waals surface area contributed by atoms with Gasteiger partial charge in [-0.2, -0.15) is 0 Å². The minimum Gasteiger partial charge on any atom is -0.394 e. The van der Waals surface area contributed by atoms with Crippen molar-refractivity contribution in [1.29, 1.82) is 0 Å². The van der Waals surface area contributed by atoms with Gasteiger partial charge in [0.15, 0.2) is 0 Å². The monoisotopic (exact) mass is 276 g/mol. The predicted molar refractivity (Wildman–Crippen MR) is 75.6 cm³/mol. The first kappa shape index (κ1) is 14.1. The van der Waals surface area contributed by atoms with Crippen LogP contribution in [0.4, 0.5) is 11.5 Å². The maximum Gasteiger partial charge on any atom is 0.270 e. The van der Waals surface area contributed by atoms with Crippen molar-refractivity contribution in [3.8, 4) is 0 Å². The third kappa shape index (κ3) is 2.67. The molecule has 20 heavy (non-hydrogen) atoms. The Morgan fingerprint density at radius 1 is 1.45 bits per heavy atom. The van der Waals surface area contributed by atoms with E-state index in [1.165, 1.54) is 18.5 Å². The van der Waals surface area contributed by atoms with Crippen molar-refractivity contribution in [3.05, 3.63) is 34.6 Å². The van der Waals surface area contributed by atoms with Gasteiger partial charge in [0.25, 0.3) is 5.69 Å². The summed E-state index contributed by atoms with van der Waals surface area (Å²) in [6, 6.07) is 4.43. The van der Waals surface area contributed by atoms with Gasteiger partial charge in [0.1, 0.15) is 12.1 Å². The molecule has 0 aliphatic carbocycles. The topological polar surface area (TPSA) is 101 Å². The molecule has 1 aromatic carbocycles. The van der Waals surface area contributed by atoms with E-state index >= 15 is 0 Å². The van der Waals surface area contributed by atoms with Crippen molar-refractivity contribution >= 4 is 22.4 Å². The average molecular weight is 276 g/mol. The van der Waals surface area contributed by atoms with E-state index in [0.29, 0.717) is 23.1 Å². The third-order valence-corrected chi connectivity index (χ3v) is 3.38. The molecular formula is C13H16N4O3. The number of nitro benzene ring substituents is 1. The minimum absolute atomic E-state index is 0.0162. The summed E-state index contributed by atoms with van der Waals surface area (Å²) in [6.45, 7) is 3.73. The van der Waals surface area contributed by atoms with Crippen LogP contribution < -0.4 is 5.32 Å². The standard InChI is InChI=1S/C13H16N4O3/c1-3-13(2,7-18)16-12-10-6-9(17(19)20)4-5-11(10)14-8-15-12/h4-6,8,18H,3,7H2,1-2H3,(H,14,15,16). The first-order valence-corrected chi connectivity index (χ1v) is 6.27. The lowest BCUT2D eigenvalue weighted by Crippen LogP contribution is -2.38. The van der Waals surface area contributed by atoms with Crippen LogP contribution in [-0.2, 0) is 0 Å². The number of benzene rings is 1. The molecule has 1 unspecified atom stereocenters. The summed E-state index contributed by atoms with van der Waals surface area (Å²) in [4.78, 5) is 18.6. The number of nitrogens with zero attached hydrogens (tertiary/aromatic N) is 3. The molecule has 2 rings (SSSR count). The normalized spacial score (nSPS) is 13.9. The van der Waals surface area contributed by atoms with Crippen LogP contribution >= 0.6 is 0 Å². The lowest BCUT2D eigenvalue weighted by Gasteiger charge is -2.28. The van der Waals surface area contributed by atoms with Gasteiger partial charge in [-0.25, -0.2) is 9.97 Å². The summed E-state index contributed by atoms with van der Waals surface area (Å²) in [7, 11) is 0. The van der Waals surface area contributed by atoms with E-state index in [-0.39, 0.29) is 12.3 Å². The van der Waals surface area contributed by atoms with Crippen LogP contribution in [0.25, 0.3) is 10.9 Å². The number of anilines is 1. The Kier molecular flexibility index (Phi) is 3.80. The van der Waals surface area contributed by atoms with Crippen molar-refractivity contribution in [2.45, 2.75) is 25.8 Å². The Balaban J connectivity index is 2.52. The maximum absolute atomic E-state index is 10.9. The van der Waals surface area contributed by atoms with Crippen LogP contribution in [0, 0.1) is 10.1 Å². The van der Waals surface area contributed by atoms with Crippen molar-refractivity contribution in [2.75, 3.05) is 11.9 Å². The van der Waals surface area contributed by atoms with Gasteiger partial charge in [0, 0.05) is 17.5 Å². The van der Waals surface area contributed by atoms with Gasteiger partial charge in [0.2, 0.25) is 0 Å². The zero-order valence-electron chi connectivity index (χ0n) is 11.3. The highest BCUT2D eigenvalue weighted by atomic mass is 16.6. The highest BCUT2D eigenvalue weighted by Crippen LogP contribution is 2.26. The van der Waals surface area contributed by atoms with Gasteiger partial charge in [-0.15, -0.1) is 0 Å². The van der Waals surface area contributed by atoms with E-state index in [1.54, 1.807) is 6.07 Å². The molecule has 0 saturated carbocycles. The molecule has 0 aliphatic heterocycles. The van der Waals surface area contributed by atoms with Crippen LogP contribution in [0.5, 0.6) is 0 Å². The first-order valence-electron chi connectivity index (χ1n) is 6.27. The molecule has 1 aromatic heterocycles. The highest BCUT2D eigenvalue weighted by Gasteiger charge is 2.22. The summed E-state index contributed by atoms with van der Waals surface area (Å²) in [6.07, 6.45) is 2.08. The van der Waals surface area contributed by atoms with Crippen LogP contribution in [0.15, 0.2) is 24.5 Å².